The van der Waals surface area contributed by atoms with E-state index in [-0.39, 0.29) is 11.7 Å². The van der Waals surface area contributed by atoms with E-state index in [1.165, 1.54) is 12.1 Å². The van der Waals surface area contributed by atoms with E-state index in [1.54, 1.807) is 11.0 Å². The van der Waals surface area contributed by atoms with Gasteiger partial charge in [-0.3, -0.25) is 14.8 Å². The molecule has 4 nitrogen and oxygen atoms in total. The molecule has 0 saturated carbocycles. The number of amides is 1. The van der Waals surface area contributed by atoms with Gasteiger partial charge in [0, 0.05) is 21.3 Å². The van der Waals surface area contributed by atoms with Gasteiger partial charge < -0.3 is 0 Å². The molecule has 5 rings (SSSR count). The number of carbonyl (C=O) groups excluding carboxylic acids is 1. The van der Waals surface area contributed by atoms with Crippen molar-refractivity contribution >= 4 is 27.5 Å². The highest BCUT2D eigenvalue weighted by Crippen LogP contribution is 2.45. The van der Waals surface area contributed by atoms with Crippen LogP contribution in [-0.2, 0) is 0 Å². The lowest BCUT2D eigenvalue weighted by molar-refractivity contribution is 0.0988. The number of hydrogen-bond acceptors (Lipinski definition) is 2. The topological polar surface area (TPSA) is 49.0 Å². The highest BCUT2D eigenvalue weighted by atomic mass is 79.9. The van der Waals surface area contributed by atoms with Gasteiger partial charge in [-0.1, -0.05) is 57.9 Å². The van der Waals surface area contributed by atoms with Crippen molar-refractivity contribution in [1.82, 2.24) is 10.2 Å². The van der Waals surface area contributed by atoms with Crippen molar-refractivity contribution in [3.63, 3.8) is 0 Å². The molecule has 0 fully saturated rings. The maximum absolute atomic E-state index is 14.1. The number of hydrogen-bond donors (Lipinski definition) is 1. The first-order valence-corrected chi connectivity index (χ1v) is 10.3. The Bertz CT molecular complexity index is 1250. The minimum absolute atomic E-state index is 0.182. The molecule has 3 aromatic carbocycles. The van der Waals surface area contributed by atoms with Gasteiger partial charge in [0.15, 0.2) is 0 Å². The number of nitrogens with one attached hydrogen (secondary N) is 1. The molecular formula is C24H17BrFN3O. The number of H-pyrrole nitrogens is 1. The molecule has 1 atom stereocenters. The van der Waals surface area contributed by atoms with E-state index in [0.717, 1.165) is 26.9 Å². The fourth-order valence-electron chi connectivity index (χ4n) is 3.94. The van der Waals surface area contributed by atoms with Gasteiger partial charge in [-0.2, -0.15) is 5.10 Å². The molecule has 0 aliphatic carbocycles. The van der Waals surface area contributed by atoms with Crippen molar-refractivity contribution in [2.45, 2.75) is 13.0 Å². The average Bonchev–Trinajstić information content (AvgIpc) is 3.28. The summed E-state index contributed by atoms with van der Waals surface area (Å²) in [5, 5.41) is 7.37. The number of nitrogens with zero attached hydrogens (tertiary/aromatic N) is 2. The molecule has 2 heterocycles. The molecule has 1 aliphatic rings. The van der Waals surface area contributed by atoms with Gasteiger partial charge in [-0.05, 0) is 48.9 Å². The highest BCUT2D eigenvalue weighted by molar-refractivity contribution is 9.10. The van der Waals surface area contributed by atoms with Crippen molar-refractivity contribution in [2.75, 3.05) is 4.90 Å². The van der Waals surface area contributed by atoms with Crippen molar-refractivity contribution in [1.29, 1.82) is 0 Å². The highest BCUT2D eigenvalue weighted by Gasteiger charge is 2.43. The monoisotopic (exact) mass is 461 g/mol. The summed E-state index contributed by atoms with van der Waals surface area (Å²) in [6, 6.07) is 21.4. The average molecular weight is 462 g/mol. The van der Waals surface area contributed by atoms with Crippen LogP contribution in [0.5, 0.6) is 0 Å². The quantitative estimate of drug-likeness (QED) is 0.404. The third-order valence-electron chi connectivity index (χ3n) is 5.36. The Kier molecular flexibility index (Phi) is 4.51. The molecule has 0 unspecified atom stereocenters. The van der Waals surface area contributed by atoms with E-state index < -0.39 is 6.04 Å². The molecule has 30 heavy (non-hydrogen) atoms. The third-order valence-corrected chi connectivity index (χ3v) is 5.89. The van der Waals surface area contributed by atoms with E-state index in [0.29, 0.717) is 17.0 Å². The Balaban J connectivity index is 1.72. The van der Waals surface area contributed by atoms with Crippen LogP contribution >= 0.6 is 15.9 Å². The molecule has 6 heteroatoms. The first-order chi connectivity index (χ1) is 14.5. The van der Waals surface area contributed by atoms with Crippen LogP contribution in [0.1, 0.15) is 33.2 Å². The number of anilines is 1. The summed E-state index contributed by atoms with van der Waals surface area (Å²) >= 11 is 3.45. The van der Waals surface area contributed by atoms with Crippen LogP contribution in [0.25, 0.3) is 11.3 Å². The SMILES string of the molecule is Cc1ccc(N2C(=O)c3[nH]nc(-c4ccc(Br)cc4)c3[C@@H]2c2cccc(F)c2)cc1. The van der Waals surface area contributed by atoms with Gasteiger partial charge in [-0.15, -0.1) is 0 Å². The molecule has 0 bridgehead atoms. The summed E-state index contributed by atoms with van der Waals surface area (Å²) in [5.74, 6) is -0.523. The van der Waals surface area contributed by atoms with Crippen molar-refractivity contribution < 1.29 is 9.18 Å². The van der Waals surface area contributed by atoms with Gasteiger partial charge in [0.2, 0.25) is 0 Å². The minimum Gasteiger partial charge on any atom is -0.295 e. The summed E-state index contributed by atoms with van der Waals surface area (Å²) in [5.41, 5.74) is 5.32. The maximum atomic E-state index is 14.1. The molecule has 148 valence electrons. The lowest BCUT2D eigenvalue weighted by Gasteiger charge is -2.26. The van der Waals surface area contributed by atoms with Crippen molar-refractivity contribution in [3.8, 4) is 11.3 Å². The van der Waals surface area contributed by atoms with Crippen molar-refractivity contribution in [3.05, 3.63) is 105 Å². The standard InChI is InChI=1S/C24H17BrFN3O/c1-14-5-11-19(12-6-14)29-23(16-3-2-4-18(26)13-16)20-21(27-28-22(20)24(29)30)15-7-9-17(25)10-8-15/h2-13,23H,1H3,(H,27,28)/t23-/m0/s1. The molecule has 1 aliphatic heterocycles. The van der Waals surface area contributed by atoms with E-state index in [2.05, 4.69) is 26.1 Å². The second kappa shape index (κ2) is 7.22. The molecule has 1 amide bonds. The first-order valence-electron chi connectivity index (χ1n) is 9.53. The molecule has 4 aromatic rings. The van der Waals surface area contributed by atoms with Crippen LogP contribution in [0.15, 0.2) is 77.3 Å². The van der Waals surface area contributed by atoms with Gasteiger partial charge >= 0.3 is 0 Å². The lowest BCUT2D eigenvalue weighted by Crippen LogP contribution is -2.29. The number of aryl methyl sites for hydroxylation is 1. The Hall–Kier alpha value is -3.25. The number of rotatable bonds is 3. The fraction of sp³-hybridized carbons (Fsp3) is 0.0833. The first kappa shape index (κ1) is 18.8. The number of halogens is 2. The third kappa shape index (κ3) is 3.04. The van der Waals surface area contributed by atoms with Crippen LogP contribution in [0.2, 0.25) is 0 Å². The Morgan fingerprint density at radius 3 is 2.47 bits per heavy atom. The second-order valence-electron chi connectivity index (χ2n) is 7.34. The number of aromatic nitrogens is 2. The molecule has 0 radical (unpaired) electrons. The van der Waals surface area contributed by atoms with E-state index in [4.69, 9.17) is 0 Å². The van der Waals surface area contributed by atoms with E-state index in [1.807, 2.05) is 61.5 Å². The van der Waals surface area contributed by atoms with Gasteiger partial charge in [0.05, 0.1) is 11.7 Å². The number of benzene rings is 3. The zero-order valence-electron chi connectivity index (χ0n) is 16.1. The second-order valence-corrected chi connectivity index (χ2v) is 8.25. The van der Waals surface area contributed by atoms with E-state index >= 15 is 0 Å². The predicted octanol–water partition coefficient (Wildman–Crippen LogP) is 6.04. The summed E-state index contributed by atoms with van der Waals surface area (Å²) in [6.07, 6.45) is 0. The van der Waals surface area contributed by atoms with Crippen LogP contribution in [0, 0.1) is 12.7 Å². The maximum Gasteiger partial charge on any atom is 0.277 e. The number of carbonyl (C=O) groups is 1. The Labute approximate surface area is 181 Å². The number of aromatic amines is 1. The smallest absolute Gasteiger partial charge is 0.277 e. The largest absolute Gasteiger partial charge is 0.295 e. The lowest BCUT2D eigenvalue weighted by atomic mass is 9.96. The van der Waals surface area contributed by atoms with Crippen LogP contribution < -0.4 is 4.90 Å². The van der Waals surface area contributed by atoms with Gasteiger partial charge in [0.25, 0.3) is 5.91 Å². The minimum atomic E-state index is -0.483. The molecular weight excluding hydrogens is 445 g/mol. The summed E-state index contributed by atoms with van der Waals surface area (Å²) in [7, 11) is 0. The van der Waals surface area contributed by atoms with Gasteiger partial charge in [-0.25, -0.2) is 4.39 Å². The number of fused-ring (bicyclic) bond motifs is 1. The summed E-state index contributed by atoms with van der Waals surface area (Å²) < 4.78 is 15.1. The normalized spacial score (nSPS) is 15.5. The van der Waals surface area contributed by atoms with Crippen LogP contribution in [0.3, 0.4) is 0 Å². The summed E-state index contributed by atoms with van der Waals surface area (Å²) in [4.78, 5) is 15.1. The molecule has 1 aromatic heterocycles. The summed E-state index contributed by atoms with van der Waals surface area (Å²) in [6.45, 7) is 2.00. The molecule has 0 spiro atoms. The Morgan fingerprint density at radius 1 is 1.03 bits per heavy atom. The fourth-order valence-corrected chi connectivity index (χ4v) is 4.20. The molecule has 0 saturated heterocycles. The van der Waals surface area contributed by atoms with Gasteiger partial charge in [0.1, 0.15) is 11.5 Å². The van der Waals surface area contributed by atoms with Crippen LogP contribution in [0.4, 0.5) is 10.1 Å². The van der Waals surface area contributed by atoms with Crippen LogP contribution in [-0.4, -0.2) is 16.1 Å². The zero-order chi connectivity index (χ0) is 20.8. The van der Waals surface area contributed by atoms with Crippen molar-refractivity contribution in [2.24, 2.45) is 0 Å². The predicted molar refractivity (Wildman–Crippen MR) is 118 cm³/mol. The molecule has 1 N–H and O–H groups in total. The van der Waals surface area contributed by atoms with E-state index in [9.17, 15) is 9.18 Å². The zero-order valence-corrected chi connectivity index (χ0v) is 17.7. The Morgan fingerprint density at radius 2 is 1.77 bits per heavy atom.